The summed E-state index contributed by atoms with van der Waals surface area (Å²) in [6, 6.07) is 1.84. The molecule has 0 aromatic carbocycles. The van der Waals surface area contributed by atoms with E-state index in [4.69, 9.17) is 5.11 Å². The Kier molecular flexibility index (Phi) is 1.75. The van der Waals surface area contributed by atoms with Gasteiger partial charge in [0, 0.05) is 12.6 Å². The first-order chi connectivity index (χ1) is 5.90. The molecule has 12 heavy (non-hydrogen) atoms. The van der Waals surface area contributed by atoms with Gasteiger partial charge < -0.3 is 10.1 Å². The number of imidazole rings is 1. The molecule has 2 aromatic heterocycles. The number of aliphatic hydroxyl groups is 1. The highest BCUT2D eigenvalue weighted by atomic mass is 16.3. The number of H-pyrrole nitrogens is 1. The highest BCUT2D eigenvalue weighted by Gasteiger charge is 1.99. The van der Waals surface area contributed by atoms with Crippen molar-refractivity contribution in [1.29, 1.82) is 0 Å². The van der Waals surface area contributed by atoms with E-state index in [0.29, 0.717) is 6.42 Å². The van der Waals surface area contributed by atoms with E-state index in [9.17, 15) is 0 Å². The van der Waals surface area contributed by atoms with Gasteiger partial charge in [0.15, 0.2) is 0 Å². The standard InChI is InChI=1S/C8H9N3O/c12-4-2-8-10-6-1-3-9-5-7(6)11-8/h1,3,5,12H,2,4H2,(H,10,11). The molecular formula is C8H9N3O. The highest BCUT2D eigenvalue weighted by molar-refractivity contribution is 5.73. The van der Waals surface area contributed by atoms with Crippen LogP contribution in [0.3, 0.4) is 0 Å². The Morgan fingerprint density at radius 2 is 2.42 bits per heavy atom. The van der Waals surface area contributed by atoms with E-state index in [1.165, 1.54) is 0 Å². The van der Waals surface area contributed by atoms with Gasteiger partial charge in [-0.05, 0) is 6.07 Å². The van der Waals surface area contributed by atoms with Crippen LogP contribution in [-0.2, 0) is 6.42 Å². The summed E-state index contributed by atoms with van der Waals surface area (Å²) in [5.41, 5.74) is 1.81. The number of pyridine rings is 1. The van der Waals surface area contributed by atoms with Crippen LogP contribution in [0.15, 0.2) is 18.5 Å². The molecule has 0 fully saturated rings. The lowest BCUT2D eigenvalue weighted by Crippen LogP contribution is -1.91. The number of nitrogens with zero attached hydrogens (tertiary/aromatic N) is 2. The first-order valence-corrected chi connectivity index (χ1v) is 3.79. The molecule has 0 unspecified atom stereocenters. The molecule has 2 heterocycles. The molecular weight excluding hydrogens is 154 g/mol. The molecule has 0 saturated heterocycles. The van der Waals surface area contributed by atoms with Crippen LogP contribution >= 0.6 is 0 Å². The van der Waals surface area contributed by atoms with Gasteiger partial charge in [-0.1, -0.05) is 0 Å². The Labute approximate surface area is 69.3 Å². The molecule has 0 saturated carbocycles. The Bertz CT molecular complexity index is 349. The molecule has 0 amide bonds. The number of fused-ring (bicyclic) bond motifs is 1. The van der Waals surface area contributed by atoms with E-state index < -0.39 is 0 Å². The lowest BCUT2D eigenvalue weighted by Gasteiger charge is -1.86. The van der Waals surface area contributed by atoms with Gasteiger partial charge in [-0.25, -0.2) is 4.98 Å². The number of hydrogen-bond acceptors (Lipinski definition) is 3. The van der Waals surface area contributed by atoms with E-state index in [-0.39, 0.29) is 6.61 Å². The maximum Gasteiger partial charge on any atom is 0.109 e. The zero-order chi connectivity index (χ0) is 8.39. The van der Waals surface area contributed by atoms with Gasteiger partial charge in [0.05, 0.1) is 23.8 Å². The molecule has 0 aliphatic heterocycles. The smallest absolute Gasteiger partial charge is 0.109 e. The van der Waals surface area contributed by atoms with Gasteiger partial charge >= 0.3 is 0 Å². The Balaban J connectivity index is 2.47. The molecule has 2 rings (SSSR count). The lowest BCUT2D eigenvalue weighted by atomic mass is 10.4. The van der Waals surface area contributed by atoms with Crippen molar-refractivity contribution in [1.82, 2.24) is 15.0 Å². The topological polar surface area (TPSA) is 61.8 Å². The number of aromatic nitrogens is 3. The van der Waals surface area contributed by atoms with Gasteiger partial charge in [-0.2, -0.15) is 0 Å². The first-order valence-electron chi connectivity index (χ1n) is 3.79. The van der Waals surface area contributed by atoms with Gasteiger partial charge in [0.2, 0.25) is 0 Å². The van der Waals surface area contributed by atoms with E-state index in [1.807, 2.05) is 6.07 Å². The van der Waals surface area contributed by atoms with Crippen molar-refractivity contribution in [2.24, 2.45) is 0 Å². The van der Waals surface area contributed by atoms with Crippen molar-refractivity contribution in [3.63, 3.8) is 0 Å². The number of nitrogens with one attached hydrogen (secondary N) is 1. The van der Waals surface area contributed by atoms with Gasteiger partial charge in [-0.15, -0.1) is 0 Å². The zero-order valence-corrected chi connectivity index (χ0v) is 6.49. The fourth-order valence-corrected chi connectivity index (χ4v) is 1.13. The van der Waals surface area contributed by atoms with Crippen LogP contribution in [0.1, 0.15) is 5.82 Å². The van der Waals surface area contributed by atoms with Gasteiger partial charge in [-0.3, -0.25) is 4.98 Å². The van der Waals surface area contributed by atoms with Crippen LogP contribution in [0.4, 0.5) is 0 Å². The maximum absolute atomic E-state index is 8.67. The average molecular weight is 163 g/mol. The number of hydrogen-bond donors (Lipinski definition) is 2. The predicted octanol–water partition coefficient (Wildman–Crippen LogP) is 0.493. The first kappa shape index (κ1) is 7.24. The van der Waals surface area contributed by atoms with Crippen LogP contribution in [0, 0.1) is 0 Å². The second-order valence-electron chi connectivity index (χ2n) is 2.55. The largest absolute Gasteiger partial charge is 0.396 e. The summed E-state index contributed by atoms with van der Waals surface area (Å²) < 4.78 is 0. The van der Waals surface area contributed by atoms with Crippen molar-refractivity contribution in [2.45, 2.75) is 6.42 Å². The van der Waals surface area contributed by atoms with Crippen molar-refractivity contribution in [3.8, 4) is 0 Å². The summed E-state index contributed by atoms with van der Waals surface area (Å²) in [4.78, 5) is 11.3. The summed E-state index contributed by atoms with van der Waals surface area (Å²) >= 11 is 0. The normalized spacial score (nSPS) is 10.8. The van der Waals surface area contributed by atoms with Crippen molar-refractivity contribution in [3.05, 3.63) is 24.3 Å². The molecule has 62 valence electrons. The lowest BCUT2D eigenvalue weighted by molar-refractivity contribution is 0.297. The van der Waals surface area contributed by atoms with Crippen LogP contribution < -0.4 is 0 Å². The molecule has 0 bridgehead atoms. The third-order valence-corrected chi connectivity index (χ3v) is 1.68. The second-order valence-corrected chi connectivity index (χ2v) is 2.55. The third-order valence-electron chi connectivity index (χ3n) is 1.68. The second kappa shape index (κ2) is 2.91. The summed E-state index contributed by atoms with van der Waals surface area (Å²) in [5, 5.41) is 8.67. The number of rotatable bonds is 2. The molecule has 0 radical (unpaired) electrons. The molecule has 4 nitrogen and oxygen atoms in total. The summed E-state index contributed by atoms with van der Waals surface area (Å²) in [5.74, 6) is 0.806. The average Bonchev–Trinajstić information content (AvgIpc) is 2.47. The molecule has 0 aliphatic carbocycles. The molecule has 2 aromatic rings. The predicted molar refractivity (Wildman–Crippen MR) is 44.7 cm³/mol. The Hall–Kier alpha value is -1.42. The third kappa shape index (κ3) is 1.16. The number of aliphatic hydroxyl groups excluding tert-OH is 1. The SMILES string of the molecule is OCCc1nc2ccncc2[nH]1. The van der Waals surface area contributed by atoms with Crippen LogP contribution in [0.25, 0.3) is 11.0 Å². The fourth-order valence-electron chi connectivity index (χ4n) is 1.13. The van der Waals surface area contributed by atoms with Crippen LogP contribution in [-0.4, -0.2) is 26.7 Å². The minimum Gasteiger partial charge on any atom is -0.396 e. The quantitative estimate of drug-likeness (QED) is 0.677. The monoisotopic (exact) mass is 163 g/mol. The molecule has 0 aliphatic rings. The summed E-state index contributed by atoms with van der Waals surface area (Å²) in [7, 11) is 0. The maximum atomic E-state index is 8.67. The zero-order valence-electron chi connectivity index (χ0n) is 6.49. The Morgan fingerprint density at radius 1 is 1.50 bits per heavy atom. The van der Waals surface area contributed by atoms with Crippen LogP contribution in [0.2, 0.25) is 0 Å². The minimum atomic E-state index is 0.118. The minimum absolute atomic E-state index is 0.118. The van der Waals surface area contributed by atoms with E-state index in [1.54, 1.807) is 12.4 Å². The number of aromatic amines is 1. The van der Waals surface area contributed by atoms with E-state index in [2.05, 4.69) is 15.0 Å². The van der Waals surface area contributed by atoms with Gasteiger partial charge in [0.25, 0.3) is 0 Å². The van der Waals surface area contributed by atoms with Gasteiger partial charge in [0.1, 0.15) is 5.82 Å². The highest BCUT2D eigenvalue weighted by Crippen LogP contribution is 2.08. The van der Waals surface area contributed by atoms with Crippen molar-refractivity contribution >= 4 is 11.0 Å². The van der Waals surface area contributed by atoms with Crippen LogP contribution in [0.5, 0.6) is 0 Å². The summed E-state index contributed by atoms with van der Waals surface area (Å²) in [6.07, 6.45) is 3.99. The van der Waals surface area contributed by atoms with E-state index in [0.717, 1.165) is 16.9 Å². The van der Waals surface area contributed by atoms with Crippen molar-refractivity contribution < 1.29 is 5.11 Å². The summed E-state index contributed by atoms with van der Waals surface area (Å²) in [6.45, 7) is 0.118. The fraction of sp³-hybridized carbons (Fsp3) is 0.250. The Morgan fingerprint density at radius 3 is 3.17 bits per heavy atom. The molecule has 2 N–H and O–H groups in total. The van der Waals surface area contributed by atoms with Crippen molar-refractivity contribution in [2.75, 3.05) is 6.61 Å². The van der Waals surface area contributed by atoms with E-state index >= 15 is 0 Å². The molecule has 4 heteroatoms. The molecule has 0 atom stereocenters. The molecule has 0 spiro atoms.